The van der Waals surface area contributed by atoms with Crippen molar-refractivity contribution in [3.05, 3.63) is 29.8 Å². The Morgan fingerprint density at radius 1 is 1.06 bits per heavy atom. The predicted octanol–water partition coefficient (Wildman–Crippen LogP) is 4.13. The molecule has 1 rings (SSSR count). The van der Waals surface area contributed by atoms with Crippen LogP contribution < -0.4 is 5.32 Å². The van der Waals surface area contributed by atoms with Crippen molar-refractivity contribution >= 4 is 5.69 Å². The van der Waals surface area contributed by atoms with E-state index in [-0.39, 0.29) is 0 Å². The molecule has 102 valence electrons. The Morgan fingerprint density at radius 3 is 2.22 bits per heavy atom. The molecule has 0 saturated heterocycles. The van der Waals surface area contributed by atoms with Crippen molar-refractivity contribution < 1.29 is 0 Å². The van der Waals surface area contributed by atoms with E-state index in [9.17, 15) is 0 Å². The third kappa shape index (κ3) is 5.09. The van der Waals surface area contributed by atoms with E-state index < -0.39 is 0 Å². The van der Waals surface area contributed by atoms with Gasteiger partial charge in [0.1, 0.15) is 0 Å². The molecule has 2 nitrogen and oxygen atoms in total. The molecule has 0 bridgehead atoms. The van der Waals surface area contributed by atoms with Crippen molar-refractivity contribution in [3.8, 4) is 0 Å². The minimum atomic E-state index is 0.614. The van der Waals surface area contributed by atoms with Crippen LogP contribution in [0.5, 0.6) is 0 Å². The van der Waals surface area contributed by atoms with Gasteiger partial charge in [-0.2, -0.15) is 0 Å². The fourth-order valence-electron chi connectivity index (χ4n) is 2.35. The molecule has 18 heavy (non-hydrogen) atoms. The van der Waals surface area contributed by atoms with Gasteiger partial charge in [-0.05, 0) is 38.6 Å². The molecule has 0 amide bonds. The van der Waals surface area contributed by atoms with Crippen LogP contribution in [0.1, 0.15) is 45.1 Å². The van der Waals surface area contributed by atoms with Gasteiger partial charge in [-0.15, -0.1) is 0 Å². The van der Waals surface area contributed by atoms with E-state index in [1.165, 1.54) is 36.9 Å². The van der Waals surface area contributed by atoms with Gasteiger partial charge in [-0.1, -0.05) is 44.9 Å². The molecule has 0 atom stereocenters. The molecule has 0 radical (unpaired) electrons. The monoisotopic (exact) mass is 248 g/mol. The summed E-state index contributed by atoms with van der Waals surface area (Å²) in [6, 6.07) is 9.28. The van der Waals surface area contributed by atoms with E-state index in [0.29, 0.717) is 6.04 Å². The predicted molar refractivity (Wildman–Crippen MR) is 81.1 cm³/mol. The first-order valence-corrected chi connectivity index (χ1v) is 7.16. The van der Waals surface area contributed by atoms with Gasteiger partial charge in [0, 0.05) is 18.3 Å². The Kier molecular flexibility index (Phi) is 6.81. The zero-order valence-electron chi connectivity index (χ0n) is 12.4. The zero-order valence-corrected chi connectivity index (χ0v) is 12.4. The third-order valence-electron chi connectivity index (χ3n) is 3.14. The molecule has 0 aliphatic rings. The summed E-state index contributed by atoms with van der Waals surface area (Å²) in [5.41, 5.74) is 2.69. The van der Waals surface area contributed by atoms with Gasteiger partial charge < -0.3 is 10.2 Å². The molecule has 1 aromatic rings. The summed E-state index contributed by atoms with van der Waals surface area (Å²) in [7, 11) is 4.23. The maximum Gasteiger partial charge on any atom is 0.0388 e. The van der Waals surface area contributed by atoms with Crippen LogP contribution in [0.4, 0.5) is 5.69 Å². The topological polar surface area (TPSA) is 15.3 Å². The number of para-hydroxylation sites is 1. The lowest BCUT2D eigenvalue weighted by atomic mass is 10.0. The van der Waals surface area contributed by atoms with Crippen molar-refractivity contribution in [1.82, 2.24) is 4.90 Å². The van der Waals surface area contributed by atoms with Crippen molar-refractivity contribution in [2.45, 2.75) is 52.1 Å². The fourth-order valence-corrected chi connectivity index (χ4v) is 2.35. The molecule has 0 fully saturated rings. The molecule has 2 heteroatoms. The number of hydrogen-bond donors (Lipinski definition) is 1. The number of nitrogens with zero attached hydrogens (tertiary/aromatic N) is 1. The second-order valence-corrected chi connectivity index (χ2v) is 5.31. The average molecular weight is 248 g/mol. The first-order valence-electron chi connectivity index (χ1n) is 7.16. The number of rotatable bonds is 8. The highest BCUT2D eigenvalue weighted by Crippen LogP contribution is 2.20. The molecule has 0 saturated carbocycles. The number of nitrogens with one attached hydrogen (secondary N) is 1. The Hall–Kier alpha value is -1.02. The van der Waals surface area contributed by atoms with Crippen LogP contribution in [-0.2, 0) is 6.54 Å². The Morgan fingerprint density at radius 2 is 1.67 bits per heavy atom. The van der Waals surface area contributed by atoms with Crippen LogP contribution in [0, 0.1) is 0 Å². The van der Waals surface area contributed by atoms with Gasteiger partial charge in [0.05, 0.1) is 0 Å². The highest BCUT2D eigenvalue weighted by molar-refractivity contribution is 5.51. The number of benzene rings is 1. The van der Waals surface area contributed by atoms with Crippen molar-refractivity contribution in [1.29, 1.82) is 0 Å². The van der Waals surface area contributed by atoms with Gasteiger partial charge in [0.15, 0.2) is 0 Å². The van der Waals surface area contributed by atoms with Gasteiger partial charge >= 0.3 is 0 Å². The normalized spacial score (nSPS) is 11.2. The first kappa shape index (κ1) is 15.0. The van der Waals surface area contributed by atoms with Crippen LogP contribution in [0.3, 0.4) is 0 Å². The number of hydrogen-bond acceptors (Lipinski definition) is 2. The summed E-state index contributed by atoms with van der Waals surface area (Å²) in [6.45, 7) is 5.51. The third-order valence-corrected chi connectivity index (χ3v) is 3.14. The van der Waals surface area contributed by atoms with Crippen molar-refractivity contribution in [3.63, 3.8) is 0 Å². The molecule has 0 aliphatic carbocycles. The Labute approximate surface area is 112 Å². The van der Waals surface area contributed by atoms with Crippen molar-refractivity contribution in [2.75, 3.05) is 19.4 Å². The molecular weight excluding hydrogens is 220 g/mol. The first-order chi connectivity index (χ1) is 8.67. The summed E-state index contributed by atoms with van der Waals surface area (Å²) < 4.78 is 0. The zero-order chi connectivity index (χ0) is 13.4. The van der Waals surface area contributed by atoms with E-state index in [4.69, 9.17) is 0 Å². The largest absolute Gasteiger partial charge is 0.382 e. The molecule has 1 aromatic carbocycles. The van der Waals surface area contributed by atoms with Crippen LogP contribution >= 0.6 is 0 Å². The maximum absolute atomic E-state index is 3.73. The highest BCUT2D eigenvalue weighted by atomic mass is 15.1. The summed E-state index contributed by atoms with van der Waals surface area (Å²) >= 11 is 0. The van der Waals surface area contributed by atoms with Gasteiger partial charge in [-0.25, -0.2) is 0 Å². The van der Waals surface area contributed by atoms with Crippen molar-refractivity contribution in [2.24, 2.45) is 0 Å². The summed E-state index contributed by atoms with van der Waals surface area (Å²) in [4.78, 5) is 2.22. The van der Waals surface area contributed by atoms with Gasteiger partial charge in [0.25, 0.3) is 0 Å². The quantitative estimate of drug-likeness (QED) is 0.744. The Bertz CT molecular complexity index is 328. The summed E-state index contributed by atoms with van der Waals surface area (Å²) in [5.74, 6) is 0. The molecule has 0 unspecified atom stereocenters. The molecule has 1 N–H and O–H groups in total. The maximum atomic E-state index is 3.73. The van der Waals surface area contributed by atoms with E-state index in [0.717, 1.165) is 6.54 Å². The van der Waals surface area contributed by atoms with Gasteiger partial charge in [-0.3, -0.25) is 0 Å². The lowest BCUT2D eigenvalue weighted by molar-refractivity contribution is 0.403. The Balaban J connectivity index is 2.74. The second kappa shape index (κ2) is 8.15. The lowest BCUT2D eigenvalue weighted by Gasteiger charge is -2.22. The minimum Gasteiger partial charge on any atom is -0.382 e. The molecule has 0 aromatic heterocycles. The smallest absolute Gasteiger partial charge is 0.0388 e. The summed E-state index contributed by atoms with van der Waals surface area (Å²) in [6.07, 6.45) is 5.00. The molecule has 0 spiro atoms. The highest BCUT2D eigenvalue weighted by Gasteiger charge is 2.09. The van der Waals surface area contributed by atoms with Crippen LogP contribution in [-0.4, -0.2) is 25.0 Å². The van der Waals surface area contributed by atoms with E-state index in [1.807, 2.05) is 0 Å². The van der Waals surface area contributed by atoms with Gasteiger partial charge in [0.2, 0.25) is 0 Å². The lowest BCUT2D eigenvalue weighted by Crippen LogP contribution is -2.21. The average Bonchev–Trinajstić information content (AvgIpc) is 2.31. The number of anilines is 1. The molecule has 0 aliphatic heterocycles. The standard InChI is InChI=1S/C16H28N2/c1-5-9-15(10-6-2)17-16-12-8-7-11-14(16)13-18(3)4/h7-8,11-12,15,17H,5-6,9-10,13H2,1-4H3. The molecule has 0 heterocycles. The minimum absolute atomic E-state index is 0.614. The van der Waals surface area contributed by atoms with Crippen LogP contribution in [0.15, 0.2) is 24.3 Å². The van der Waals surface area contributed by atoms with Crippen LogP contribution in [0.2, 0.25) is 0 Å². The van der Waals surface area contributed by atoms with E-state index in [1.54, 1.807) is 0 Å². The molecular formula is C16H28N2. The van der Waals surface area contributed by atoms with E-state index >= 15 is 0 Å². The second-order valence-electron chi connectivity index (χ2n) is 5.31. The SMILES string of the molecule is CCCC(CCC)Nc1ccccc1CN(C)C. The van der Waals surface area contributed by atoms with Crippen LogP contribution in [0.25, 0.3) is 0 Å². The fraction of sp³-hybridized carbons (Fsp3) is 0.625. The van der Waals surface area contributed by atoms with E-state index in [2.05, 4.69) is 62.4 Å². The summed E-state index contributed by atoms with van der Waals surface area (Å²) in [5, 5.41) is 3.73.